The van der Waals surface area contributed by atoms with E-state index in [-0.39, 0.29) is 6.04 Å². The third-order valence-corrected chi connectivity index (χ3v) is 4.81. The maximum atomic E-state index is 11.9. The first kappa shape index (κ1) is 15.4. The first-order valence-corrected chi connectivity index (χ1v) is 7.75. The largest absolute Gasteiger partial charge is 0.379 e. The molecule has 2 atom stereocenters. The number of nitrogens with one attached hydrogen (secondary N) is 1. The summed E-state index contributed by atoms with van der Waals surface area (Å²) in [5, 5.41) is 7.83. The molecule has 0 aromatic rings. The van der Waals surface area contributed by atoms with E-state index in [1.54, 1.807) is 6.92 Å². The maximum Gasteiger partial charge on any atom is 0.228 e. The summed E-state index contributed by atoms with van der Waals surface area (Å²) < 4.78 is 31.5. The van der Waals surface area contributed by atoms with Crippen molar-refractivity contribution in [3.63, 3.8) is 0 Å². The van der Waals surface area contributed by atoms with Gasteiger partial charge in [0.1, 0.15) is 0 Å². The number of ether oxygens (including phenoxy) is 1. The zero-order chi connectivity index (χ0) is 13.6. The first-order chi connectivity index (χ1) is 8.49. The lowest BCUT2D eigenvalue weighted by Crippen LogP contribution is -2.47. The molecule has 1 aliphatic rings. The molecule has 6 nitrogen and oxygen atoms in total. The Hall–Kier alpha value is -0.680. The molecule has 0 aromatic heterocycles. The van der Waals surface area contributed by atoms with Gasteiger partial charge in [-0.1, -0.05) is 6.92 Å². The number of hydrogen-bond donors (Lipinski definition) is 1. The minimum absolute atomic E-state index is 0.199. The second kappa shape index (κ2) is 7.04. The molecule has 2 unspecified atom stereocenters. The smallest absolute Gasteiger partial charge is 0.228 e. The van der Waals surface area contributed by atoms with E-state index in [1.165, 1.54) is 0 Å². The van der Waals surface area contributed by atoms with E-state index < -0.39 is 15.3 Å². The van der Waals surface area contributed by atoms with Crippen LogP contribution in [0.3, 0.4) is 0 Å². The van der Waals surface area contributed by atoms with Gasteiger partial charge in [-0.15, -0.1) is 0 Å². The molecule has 1 rings (SSSR count). The second-order valence-corrected chi connectivity index (χ2v) is 6.40. The number of hydrogen-bond acceptors (Lipinski definition) is 5. The van der Waals surface area contributed by atoms with Crippen molar-refractivity contribution in [3.05, 3.63) is 0 Å². The highest BCUT2D eigenvalue weighted by Crippen LogP contribution is 2.05. The molecule has 0 radical (unpaired) electrons. The van der Waals surface area contributed by atoms with E-state index >= 15 is 0 Å². The Kier molecular flexibility index (Phi) is 6.02. The van der Waals surface area contributed by atoms with Crippen molar-refractivity contribution >= 4 is 10.0 Å². The Labute approximate surface area is 109 Å². The summed E-state index contributed by atoms with van der Waals surface area (Å²) >= 11 is 0. The molecule has 0 spiro atoms. The highest BCUT2D eigenvalue weighted by molar-refractivity contribution is 7.90. The van der Waals surface area contributed by atoms with Gasteiger partial charge in [0.2, 0.25) is 10.0 Å². The van der Waals surface area contributed by atoms with Crippen LogP contribution >= 0.6 is 0 Å². The van der Waals surface area contributed by atoms with Crippen LogP contribution in [0.15, 0.2) is 0 Å². The van der Waals surface area contributed by atoms with E-state index in [0.717, 1.165) is 13.1 Å². The second-order valence-electron chi connectivity index (χ2n) is 4.50. The molecule has 1 saturated heterocycles. The average Bonchev–Trinajstić information content (AvgIpc) is 2.30. The Morgan fingerprint density at radius 1 is 1.44 bits per heavy atom. The Bertz CT molecular complexity index is 385. The van der Waals surface area contributed by atoms with Crippen molar-refractivity contribution in [2.24, 2.45) is 0 Å². The van der Waals surface area contributed by atoms with Gasteiger partial charge < -0.3 is 4.74 Å². The van der Waals surface area contributed by atoms with Gasteiger partial charge in [-0.2, -0.15) is 5.26 Å². The fourth-order valence-corrected chi connectivity index (χ4v) is 3.33. The van der Waals surface area contributed by atoms with Gasteiger partial charge in [0.15, 0.2) is 5.25 Å². The number of morpholine rings is 1. The number of rotatable bonds is 6. The van der Waals surface area contributed by atoms with Crippen LogP contribution in [0.5, 0.6) is 0 Å². The van der Waals surface area contributed by atoms with Crippen molar-refractivity contribution in [2.75, 3.05) is 32.8 Å². The Balaban J connectivity index is 2.48. The third kappa shape index (κ3) is 4.53. The van der Waals surface area contributed by atoms with Gasteiger partial charge in [0, 0.05) is 25.7 Å². The molecule has 0 bridgehead atoms. The van der Waals surface area contributed by atoms with Crippen LogP contribution in [0.1, 0.15) is 20.3 Å². The van der Waals surface area contributed by atoms with E-state index in [1.807, 2.05) is 13.0 Å². The van der Waals surface area contributed by atoms with Gasteiger partial charge in [0.25, 0.3) is 0 Å². The van der Waals surface area contributed by atoms with Crippen LogP contribution < -0.4 is 4.72 Å². The quantitative estimate of drug-likeness (QED) is 0.733. The van der Waals surface area contributed by atoms with Gasteiger partial charge >= 0.3 is 0 Å². The molecule has 0 aliphatic carbocycles. The van der Waals surface area contributed by atoms with Crippen molar-refractivity contribution in [3.8, 4) is 6.07 Å². The molecule has 1 fully saturated rings. The fraction of sp³-hybridized carbons (Fsp3) is 0.909. The zero-order valence-electron chi connectivity index (χ0n) is 10.9. The highest BCUT2D eigenvalue weighted by atomic mass is 32.2. The molecule has 7 heteroatoms. The molecule has 0 saturated carbocycles. The molecule has 0 aromatic carbocycles. The SMILES string of the molecule is CCC(C#N)S(=O)(=O)NC(C)CN1CCOCC1. The number of nitriles is 1. The summed E-state index contributed by atoms with van der Waals surface area (Å²) in [5.74, 6) is 0. The van der Waals surface area contributed by atoms with Gasteiger partial charge in [-0.05, 0) is 13.3 Å². The van der Waals surface area contributed by atoms with E-state index in [9.17, 15) is 8.42 Å². The van der Waals surface area contributed by atoms with Crippen LogP contribution in [0, 0.1) is 11.3 Å². The lowest BCUT2D eigenvalue weighted by molar-refractivity contribution is 0.0354. The molecular formula is C11H21N3O3S. The lowest BCUT2D eigenvalue weighted by atomic mass is 10.3. The summed E-state index contributed by atoms with van der Waals surface area (Å²) in [7, 11) is -3.54. The summed E-state index contributed by atoms with van der Waals surface area (Å²) in [6, 6.07) is 1.62. The third-order valence-electron chi connectivity index (χ3n) is 2.89. The minimum Gasteiger partial charge on any atom is -0.379 e. The minimum atomic E-state index is -3.54. The van der Waals surface area contributed by atoms with Crippen LogP contribution in [0.4, 0.5) is 0 Å². The molecule has 0 amide bonds. The standard InChI is InChI=1S/C11H21N3O3S/c1-3-11(8-12)18(15,16)13-10(2)9-14-4-6-17-7-5-14/h10-11,13H,3-7,9H2,1-2H3. The summed E-state index contributed by atoms with van der Waals surface area (Å²) in [6.45, 7) is 7.18. The monoisotopic (exact) mass is 275 g/mol. The van der Waals surface area contributed by atoms with Crippen molar-refractivity contribution in [2.45, 2.75) is 31.6 Å². The topological polar surface area (TPSA) is 82.4 Å². The van der Waals surface area contributed by atoms with Crippen molar-refractivity contribution in [1.82, 2.24) is 9.62 Å². The van der Waals surface area contributed by atoms with Gasteiger partial charge in [0.05, 0.1) is 19.3 Å². The first-order valence-electron chi connectivity index (χ1n) is 6.20. The normalized spacial score (nSPS) is 21.2. The molecular weight excluding hydrogens is 254 g/mol. The van der Waals surface area contributed by atoms with E-state index in [0.29, 0.717) is 26.2 Å². The molecule has 104 valence electrons. The Morgan fingerprint density at radius 2 is 2.06 bits per heavy atom. The van der Waals surface area contributed by atoms with Crippen molar-refractivity contribution < 1.29 is 13.2 Å². The lowest BCUT2D eigenvalue weighted by Gasteiger charge is -2.29. The molecule has 1 aliphatic heterocycles. The van der Waals surface area contributed by atoms with Crippen molar-refractivity contribution in [1.29, 1.82) is 5.26 Å². The van der Waals surface area contributed by atoms with Crippen LogP contribution in [0.25, 0.3) is 0 Å². The highest BCUT2D eigenvalue weighted by Gasteiger charge is 2.26. The Morgan fingerprint density at radius 3 is 2.56 bits per heavy atom. The predicted molar refractivity (Wildman–Crippen MR) is 68.5 cm³/mol. The summed E-state index contributed by atoms with van der Waals surface area (Å²) in [5.41, 5.74) is 0. The van der Waals surface area contributed by atoms with E-state index in [4.69, 9.17) is 10.00 Å². The van der Waals surface area contributed by atoms with Gasteiger partial charge in [-0.25, -0.2) is 13.1 Å². The fourth-order valence-electron chi connectivity index (χ4n) is 1.95. The predicted octanol–water partition coefficient (Wildman–Crippen LogP) is -0.0713. The maximum absolute atomic E-state index is 11.9. The molecule has 18 heavy (non-hydrogen) atoms. The number of nitrogens with zero attached hydrogens (tertiary/aromatic N) is 2. The van der Waals surface area contributed by atoms with Gasteiger partial charge in [-0.3, -0.25) is 4.90 Å². The molecule has 1 N–H and O–H groups in total. The number of sulfonamides is 1. The average molecular weight is 275 g/mol. The van der Waals surface area contributed by atoms with E-state index in [2.05, 4.69) is 9.62 Å². The van der Waals surface area contributed by atoms with Crippen LogP contribution in [-0.2, 0) is 14.8 Å². The van der Waals surface area contributed by atoms with Crippen LogP contribution in [-0.4, -0.2) is 57.5 Å². The summed E-state index contributed by atoms with van der Waals surface area (Å²) in [6.07, 6.45) is 0.302. The summed E-state index contributed by atoms with van der Waals surface area (Å²) in [4.78, 5) is 2.16. The molecule has 1 heterocycles. The van der Waals surface area contributed by atoms with Crippen LogP contribution in [0.2, 0.25) is 0 Å². The zero-order valence-corrected chi connectivity index (χ0v) is 11.7.